The van der Waals surface area contributed by atoms with Gasteiger partial charge in [0, 0.05) is 6.54 Å². The lowest BCUT2D eigenvalue weighted by molar-refractivity contribution is -0.00686. The second-order valence-electron chi connectivity index (χ2n) is 3.66. The predicted molar refractivity (Wildman–Crippen MR) is 45.7 cm³/mol. The van der Waals surface area contributed by atoms with Gasteiger partial charge in [-0.2, -0.15) is 0 Å². The molecule has 4 heteroatoms. The molecule has 0 aromatic carbocycles. The zero-order valence-corrected chi connectivity index (χ0v) is 7.82. The van der Waals surface area contributed by atoms with Gasteiger partial charge < -0.3 is 9.30 Å². The minimum Gasteiger partial charge on any atom is -0.374 e. The van der Waals surface area contributed by atoms with Gasteiger partial charge in [0.1, 0.15) is 12.7 Å². The van der Waals surface area contributed by atoms with Crippen LogP contribution in [0.3, 0.4) is 0 Å². The fourth-order valence-electron chi connectivity index (χ4n) is 0.795. The van der Waals surface area contributed by atoms with E-state index in [0.29, 0.717) is 6.61 Å². The van der Waals surface area contributed by atoms with Gasteiger partial charge in [-0.15, -0.1) is 10.2 Å². The van der Waals surface area contributed by atoms with E-state index >= 15 is 0 Å². The van der Waals surface area contributed by atoms with Crippen LogP contribution in [0, 0.1) is 0 Å². The van der Waals surface area contributed by atoms with Crippen molar-refractivity contribution < 1.29 is 4.74 Å². The zero-order chi connectivity index (χ0) is 9.03. The van der Waals surface area contributed by atoms with Crippen LogP contribution in [0.2, 0.25) is 0 Å². The molecule has 0 N–H and O–H groups in total. The molecule has 4 nitrogen and oxygen atoms in total. The number of ether oxygens (including phenoxy) is 1. The van der Waals surface area contributed by atoms with Crippen molar-refractivity contribution in [1.29, 1.82) is 0 Å². The Kier molecular flexibility index (Phi) is 2.81. The van der Waals surface area contributed by atoms with Gasteiger partial charge in [-0.1, -0.05) is 0 Å². The molecule has 0 saturated heterocycles. The summed E-state index contributed by atoms with van der Waals surface area (Å²) in [5.41, 5.74) is -0.0615. The van der Waals surface area contributed by atoms with Gasteiger partial charge in [-0.3, -0.25) is 0 Å². The molecule has 0 radical (unpaired) electrons. The molecule has 0 spiro atoms. The molecule has 0 saturated carbocycles. The minimum absolute atomic E-state index is 0.0615. The van der Waals surface area contributed by atoms with E-state index < -0.39 is 0 Å². The Labute approximate surface area is 72.6 Å². The SMILES string of the molecule is CC(C)(C)OCCn1cnnc1. The van der Waals surface area contributed by atoms with E-state index in [9.17, 15) is 0 Å². The normalized spacial score (nSPS) is 11.9. The summed E-state index contributed by atoms with van der Waals surface area (Å²) >= 11 is 0. The molecule has 1 rings (SSSR count). The molecule has 68 valence electrons. The molecule has 0 atom stereocenters. The molecule has 0 fully saturated rings. The number of aromatic nitrogens is 3. The first-order valence-corrected chi connectivity index (χ1v) is 4.04. The molecule has 1 aromatic heterocycles. The molecule has 1 heterocycles. The van der Waals surface area contributed by atoms with Gasteiger partial charge in [-0.05, 0) is 20.8 Å². The van der Waals surface area contributed by atoms with Crippen molar-refractivity contribution >= 4 is 0 Å². The summed E-state index contributed by atoms with van der Waals surface area (Å²) < 4.78 is 7.42. The molecule has 12 heavy (non-hydrogen) atoms. The predicted octanol–water partition coefficient (Wildman–Crippen LogP) is 1.09. The Balaban J connectivity index is 2.20. The van der Waals surface area contributed by atoms with E-state index in [-0.39, 0.29) is 5.60 Å². The summed E-state index contributed by atoms with van der Waals surface area (Å²) in [6.07, 6.45) is 3.37. The molecule has 1 aromatic rings. The maximum atomic E-state index is 5.53. The van der Waals surface area contributed by atoms with Crippen LogP contribution in [0.1, 0.15) is 20.8 Å². The van der Waals surface area contributed by atoms with Crippen molar-refractivity contribution in [2.75, 3.05) is 6.61 Å². The van der Waals surface area contributed by atoms with Crippen molar-refractivity contribution in [2.45, 2.75) is 32.9 Å². The Morgan fingerprint density at radius 3 is 2.33 bits per heavy atom. The fraction of sp³-hybridized carbons (Fsp3) is 0.750. The lowest BCUT2D eigenvalue weighted by atomic mass is 10.2. The topological polar surface area (TPSA) is 39.9 Å². The van der Waals surface area contributed by atoms with E-state index in [1.165, 1.54) is 0 Å². The van der Waals surface area contributed by atoms with Crippen LogP contribution in [0.25, 0.3) is 0 Å². The first kappa shape index (κ1) is 9.19. The molecule has 0 aliphatic heterocycles. The third kappa shape index (κ3) is 3.48. The Bertz CT molecular complexity index is 213. The van der Waals surface area contributed by atoms with Gasteiger partial charge >= 0.3 is 0 Å². The van der Waals surface area contributed by atoms with E-state index in [0.717, 1.165) is 6.54 Å². The largest absolute Gasteiger partial charge is 0.374 e. The number of rotatable bonds is 3. The monoisotopic (exact) mass is 169 g/mol. The average molecular weight is 169 g/mol. The summed E-state index contributed by atoms with van der Waals surface area (Å²) in [6.45, 7) is 7.63. The standard InChI is InChI=1S/C8H15N3O/c1-8(2,3)12-5-4-11-6-9-10-7-11/h6-7H,4-5H2,1-3H3. The summed E-state index contributed by atoms with van der Waals surface area (Å²) in [4.78, 5) is 0. The number of nitrogens with zero attached hydrogens (tertiary/aromatic N) is 3. The van der Waals surface area contributed by atoms with Crippen molar-refractivity contribution in [3.05, 3.63) is 12.7 Å². The van der Waals surface area contributed by atoms with Crippen LogP contribution in [-0.2, 0) is 11.3 Å². The van der Waals surface area contributed by atoms with Crippen LogP contribution in [-0.4, -0.2) is 27.0 Å². The van der Waals surface area contributed by atoms with Crippen molar-refractivity contribution in [3.63, 3.8) is 0 Å². The van der Waals surface area contributed by atoms with Gasteiger partial charge in [0.25, 0.3) is 0 Å². The van der Waals surface area contributed by atoms with Gasteiger partial charge in [0.2, 0.25) is 0 Å². The second-order valence-corrected chi connectivity index (χ2v) is 3.66. The van der Waals surface area contributed by atoms with Crippen molar-refractivity contribution in [2.24, 2.45) is 0 Å². The van der Waals surface area contributed by atoms with Crippen molar-refractivity contribution in [1.82, 2.24) is 14.8 Å². The summed E-state index contributed by atoms with van der Waals surface area (Å²) in [5, 5.41) is 7.39. The number of hydrogen-bond acceptors (Lipinski definition) is 3. The van der Waals surface area contributed by atoms with E-state index in [1.54, 1.807) is 12.7 Å². The third-order valence-corrected chi connectivity index (χ3v) is 1.35. The van der Waals surface area contributed by atoms with E-state index in [2.05, 4.69) is 10.2 Å². The molecule has 0 unspecified atom stereocenters. The number of hydrogen-bond donors (Lipinski definition) is 0. The zero-order valence-electron chi connectivity index (χ0n) is 7.82. The molecule has 0 amide bonds. The Morgan fingerprint density at radius 2 is 1.83 bits per heavy atom. The minimum atomic E-state index is -0.0615. The maximum absolute atomic E-state index is 5.53. The van der Waals surface area contributed by atoms with Gasteiger partial charge in [-0.25, -0.2) is 0 Å². The highest BCUT2D eigenvalue weighted by Crippen LogP contribution is 2.05. The summed E-state index contributed by atoms with van der Waals surface area (Å²) in [6, 6.07) is 0. The van der Waals surface area contributed by atoms with Crippen LogP contribution >= 0.6 is 0 Å². The first-order chi connectivity index (χ1) is 5.58. The highest BCUT2D eigenvalue weighted by Gasteiger charge is 2.08. The summed E-state index contributed by atoms with van der Waals surface area (Å²) in [5.74, 6) is 0. The molecule has 0 aliphatic carbocycles. The average Bonchev–Trinajstić information content (AvgIpc) is 2.36. The first-order valence-electron chi connectivity index (χ1n) is 4.04. The second kappa shape index (κ2) is 3.67. The van der Waals surface area contributed by atoms with Gasteiger partial charge in [0.05, 0.1) is 12.2 Å². The highest BCUT2D eigenvalue weighted by molar-refractivity contribution is 4.62. The Hall–Kier alpha value is -0.900. The van der Waals surface area contributed by atoms with Crippen LogP contribution < -0.4 is 0 Å². The molecular weight excluding hydrogens is 154 g/mol. The maximum Gasteiger partial charge on any atom is 0.119 e. The quantitative estimate of drug-likeness (QED) is 0.680. The van der Waals surface area contributed by atoms with Crippen LogP contribution in [0.5, 0.6) is 0 Å². The van der Waals surface area contributed by atoms with E-state index in [1.807, 2.05) is 25.3 Å². The lowest BCUT2D eigenvalue weighted by Crippen LogP contribution is -2.21. The van der Waals surface area contributed by atoms with Gasteiger partial charge in [0.15, 0.2) is 0 Å². The van der Waals surface area contributed by atoms with Crippen molar-refractivity contribution in [3.8, 4) is 0 Å². The molecular formula is C8H15N3O. The highest BCUT2D eigenvalue weighted by atomic mass is 16.5. The summed E-state index contributed by atoms with van der Waals surface area (Å²) in [7, 11) is 0. The third-order valence-electron chi connectivity index (χ3n) is 1.35. The molecule has 0 bridgehead atoms. The van der Waals surface area contributed by atoms with E-state index in [4.69, 9.17) is 4.74 Å². The lowest BCUT2D eigenvalue weighted by Gasteiger charge is -2.19. The fourth-order valence-corrected chi connectivity index (χ4v) is 0.795. The van der Waals surface area contributed by atoms with Crippen LogP contribution in [0.4, 0.5) is 0 Å². The smallest absolute Gasteiger partial charge is 0.119 e. The Morgan fingerprint density at radius 1 is 1.25 bits per heavy atom. The van der Waals surface area contributed by atoms with Crippen LogP contribution in [0.15, 0.2) is 12.7 Å². The molecule has 0 aliphatic rings.